The Labute approximate surface area is 120 Å². The topological polar surface area (TPSA) is 64.3 Å². The largest absolute Gasteiger partial charge is 0.497 e. The van der Waals surface area contributed by atoms with Gasteiger partial charge in [-0.3, -0.25) is 4.79 Å². The highest BCUT2D eigenvalue weighted by molar-refractivity contribution is 5.94. The van der Waals surface area contributed by atoms with Crippen molar-refractivity contribution >= 4 is 11.6 Å². The average molecular weight is 292 g/mol. The minimum absolute atomic E-state index is 0.00743. The van der Waals surface area contributed by atoms with Gasteiger partial charge in [0, 0.05) is 12.6 Å². The lowest BCUT2D eigenvalue weighted by molar-refractivity contribution is 0.0996. The van der Waals surface area contributed by atoms with E-state index in [-0.39, 0.29) is 17.8 Å². The molecule has 6 heteroatoms. The number of nitrogens with two attached hydrogens (primary N) is 1. The Morgan fingerprint density at radius 2 is 2.00 bits per heavy atom. The highest BCUT2D eigenvalue weighted by Crippen LogP contribution is 2.21. The molecule has 0 fully saturated rings. The van der Waals surface area contributed by atoms with Crippen LogP contribution in [-0.2, 0) is 6.54 Å². The first-order chi connectivity index (χ1) is 10.0. The molecule has 1 amide bonds. The molecule has 0 saturated carbocycles. The number of amides is 1. The van der Waals surface area contributed by atoms with Gasteiger partial charge in [0.1, 0.15) is 17.4 Å². The Kier molecular flexibility index (Phi) is 4.37. The van der Waals surface area contributed by atoms with Crippen LogP contribution in [0.3, 0.4) is 0 Å². The van der Waals surface area contributed by atoms with Gasteiger partial charge in [0.25, 0.3) is 5.91 Å². The molecule has 21 heavy (non-hydrogen) atoms. The van der Waals surface area contributed by atoms with Crippen LogP contribution in [0.15, 0.2) is 36.4 Å². The van der Waals surface area contributed by atoms with Gasteiger partial charge >= 0.3 is 0 Å². The minimum atomic E-state index is -0.980. The zero-order valence-corrected chi connectivity index (χ0v) is 11.3. The predicted octanol–water partition coefficient (Wildman–Crippen LogP) is 2.68. The fourth-order valence-corrected chi connectivity index (χ4v) is 1.85. The van der Waals surface area contributed by atoms with Crippen molar-refractivity contribution in [1.29, 1.82) is 0 Å². The van der Waals surface area contributed by atoms with Gasteiger partial charge in [0.15, 0.2) is 0 Å². The lowest BCUT2D eigenvalue weighted by Gasteiger charge is -2.10. The molecule has 0 heterocycles. The molecule has 0 radical (unpaired) electrons. The van der Waals surface area contributed by atoms with Crippen molar-refractivity contribution in [2.24, 2.45) is 5.73 Å². The van der Waals surface area contributed by atoms with Crippen LogP contribution in [0.25, 0.3) is 0 Å². The van der Waals surface area contributed by atoms with Gasteiger partial charge in [-0.05, 0) is 23.8 Å². The van der Waals surface area contributed by atoms with Crippen LogP contribution < -0.4 is 15.8 Å². The predicted molar refractivity (Wildman–Crippen MR) is 75.2 cm³/mol. The summed E-state index contributed by atoms with van der Waals surface area (Å²) >= 11 is 0. The van der Waals surface area contributed by atoms with Crippen molar-refractivity contribution in [3.63, 3.8) is 0 Å². The van der Waals surface area contributed by atoms with Gasteiger partial charge in [0.2, 0.25) is 0 Å². The van der Waals surface area contributed by atoms with Crippen LogP contribution >= 0.6 is 0 Å². The van der Waals surface area contributed by atoms with Crippen molar-refractivity contribution in [2.45, 2.75) is 6.54 Å². The molecular formula is C15H14F2N2O2. The molecule has 2 aromatic rings. The van der Waals surface area contributed by atoms with Crippen molar-refractivity contribution in [1.82, 2.24) is 0 Å². The highest BCUT2D eigenvalue weighted by Gasteiger charge is 2.13. The third kappa shape index (κ3) is 3.47. The smallest absolute Gasteiger partial charge is 0.251 e. The number of carbonyl (C=O) groups excluding carboxylic acids is 1. The number of hydrogen-bond donors (Lipinski definition) is 2. The SMILES string of the molecule is COc1cccc(CNc2cc(C(N)=O)c(F)cc2F)c1. The molecule has 2 rings (SSSR count). The van der Waals surface area contributed by atoms with E-state index in [1.165, 1.54) is 0 Å². The Morgan fingerprint density at radius 1 is 1.24 bits per heavy atom. The second kappa shape index (κ2) is 6.21. The molecule has 0 spiro atoms. The van der Waals surface area contributed by atoms with Crippen LogP contribution in [0, 0.1) is 11.6 Å². The summed E-state index contributed by atoms with van der Waals surface area (Å²) in [5, 5.41) is 2.80. The van der Waals surface area contributed by atoms with Gasteiger partial charge < -0.3 is 15.8 Å². The standard InChI is InChI=1S/C15H14F2N2O2/c1-21-10-4-2-3-9(5-10)8-19-14-6-11(15(18)20)12(16)7-13(14)17/h2-7,19H,8H2,1H3,(H2,18,20). The third-order valence-electron chi connectivity index (χ3n) is 2.94. The van der Waals surface area contributed by atoms with E-state index in [9.17, 15) is 13.6 Å². The van der Waals surface area contributed by atoms with Crippen molar-refractivity contribution in [3.8, 4) is 5.75 Å². The summed E-state index contributed by atoms with van der Waals surface area (Å²) in [5.41, 5.74) is 5.53. The number of primary amides is 1. The number of hydrogen-bond acceptors (Lipinski definition) is 3. The molecule has 0 aliphatic carbocycles. The molecule has 2 aromatic carbocycles. The maximum atomic E-state index is 13.7. The fourth-order valence-electron chi connectivity index (χ4n) is 1.85. The Morgan fingerprint density at radius 3 is 2.67 bits per heavy atom. The van der Waals surface area contributed by atoms with E-state index in [1.54, 1.807) is 25.3 Å². The number of anilines is 1. The number of carbonyl (C=O) groups is 1. The minimum Gasteiger partial charge on any atom is -0.497 e. The summed E-state index contributed by atoms with van der Waals surface area (Å²) in [5.74, 6) is -2.05. The molecule has 0 aliphatic rings. The van der Waals surface area contributed by atoms with E-state index in [1.807, 2.05) is 6.07 Å². The van der Waals surface area contributed by atoms with Crippen LogP contribution in [0.2, 0.25) is 0 Å². The summed E-state index contributed by atoms with van der Waals surface area (Å²) in [6, 6.07) is 8.88. The molecule has 0 atom stereocenters. The van der Waals surface area contributed by atoms with Crippen LogP contribution in [0.4, 0.5) is 14.5 Å². The molecule has 3 N–H and O–H groups in total. The molecule has 0 saturated heterocycles. The monoisotopic (exact) mass is 292 g/mol. The lowest BCUT2D eigenvalue weighted by atomic mass is 10.1. The number of methoxy groups -OCH3 is 1. The Bertz CT molecular complexity index is 675. The van der Waals surface area contributed by atoms with E-state index in [0.717, 1.165) is 11.6 Å². The average Bonchev–Trinajstić information content (AvgIpc) is 2.46. The van der Waals surface area contributed by atoms with E-state index in [2.05, 4.69) is 5.32 Å². The summed E-state index contributed by atoms with van der Waals surface area (Å²) in [4.78, 5) is 11.1. The normalized spacial score (nSPS) is 10.2. The molecule has 4 nitrogen and oxygen atoms in total. The van der Waals surface area contributed by atoms with Crippen LogP contribution in [0.1, 0.15) is 15.9 Å². The number of ether oxygens (including phenoxy) is 1. The van der Waals surface area contributed by atoms with E-state index >= 15 is 0 Å². The fraction of sp³-hybridized carbons (Fsp3) is 0.133. The van der Waals surface area contributed by atoms with Crippen LogP contribution in [-0.4, -0.2) is 13.0 Å². The van der Waals surface area contributed by atoms with Gasteiger partial charge in [-0.1, -0.05) is 12.1 Å². The van der Waals surface area contributed by atoms with E-state index < -0.39 is 17.5 Å². The highest BCUT2D eigenvalue weighted by atomic mass is 19.1. The quantitative estimate of drug-likeness (QED) is 0.890. The zero-order chi connectivity index (χ0) is 15.4. The Balaban J connectivity index is 2.19. The number of halogens is 2. The van der Waals surface area contributed by atoms with Crippen molar-refractivity contribution in [2.75, 3.05) is 12.4 Å². The first-order valence-electron chi connectivity index (χ1n) is 6.17. The van der Waals surface area contributed by atoms with Gasteiger partial charge in [-0.2, -0.15) is 0 Å². The summed E-state index contributed by atoms with van der Waals surface area (Å²) < 4.78 is 32.1. The first kappa shape index (κ1) is 14.8. The van der Waals surface area contributed by atoms with Crippen molar-refractivity contribution in [3.05, 3.63) is 59.2 Å². The summed E-state index contributed by atoms with van der Waals surface area (Å²) in [6.45, 7) is 0.290. The molecule has 0 bridgehead atoms. The first-order valence-corrected chi connectivity index (χ1v) is 6.17. The number of benzene rings is 2. The van der Waals surface area contributed by atoms with Gasteiger partial charge in [-0.15, -0.1) is 0 Å². The molecule has 0 aliphatic heterocycles. The second-order valence-electron chi connectivity index (χ2n) is 4.38. The molecule has 0 aromatic heterocycles. The van der Waals surface area contributed by atoms with E-state index in [4.69, 9.17) is 10.5 Å². The summed E-state index contributed by atoms with van der Waals surface area (Å²) in [7, 11) is 1.55. The van der Waals surface area contributed by atoms with Crippen molar-refractivity contribution < 1.29 is 18.3 Å². The third-order valence-corrected chi connectivity index (χ3v) is 2.94. The molecular weight excluding hydrogens is 278 g/mol. The lowest BCUT2D eigenvalue weighted by Crippen LogP contribution is -2.14. The van der Waals surface area contributed by atoms with Crippen LogP contribution in [0.5, 0.6) is 5.75 Å². The molecule has 110 valence electrons. The van der Waals surface area contributed by atoms with Gasteiger partial charge in [-0.25, -0.2) is 8.78 Å². The summed E-state index contributed by atoms with van der Waals surface area (Å²) in [6.07, 6.45) is 0. The maximum Gasteiger partial charge on any atom is 0.251 e. The van der Waals surface area contributed by atoms with Gasteiger partial charge in [0.05, 0.1) is 18.4 Å². The zero-order valence-electron chi connectivity index (χ0n) is 11.3. The number of rotatable bonds is 5. The number of nitrogens with one attached hydrogen (secondary N) is 1. The Hall–Kier alpha value is -2.63. The maximum absolute atomic E-state index is 13.7. The second-order valence-corrected chi connectivity index (χ2v) is 4.38. The molecule has 0 unspecified atom stereocenters. The van der Waals surface area contributed by atoms with E-state index in [0.29, 0.717) is 11.8 Å².